The number of carbonyl (C=O) groups excluding carboxylic acids is 1. The fourth-order valence-electron chi connectivity index (χ4n) is 2.06. The summed E-state index contributed by atoms with van der Waals surface area (Å²) in [5.74, 6) is -0.239. The minimum Gasteiger partial charge on any atom is -0.373 e. The quantitative estimate of drug-likeness (QED) is 0.652. The monoisotopic (exact) mass is 283 g/mol. The van der Waals surface area contributed by atoms with Gasteiger partial charge in [-0.25, -0.2) is 13.6 Å². The number of hydrogen-bond donors (Lipinski definition) is 3. The number of carbonyl (C=O) groups is 1. The minimum atomic E-state index is -3.45. The lowest BCUT2D eigenvalue weighted by molar-refractivity contribution is -0.121. The summed E-state index contributed by atoms with van der Waals surface area (Å²) in [6, 6.07) is 7.48. The Morgan fingerprint density at radius 3 is 2.84 bits per heavy atom. The minimum absolute atomic E-state index is 0.119. The van der Waals surface area contributed by atoms with Gasteiger partial charge in [0.05, 0.1) is 5.75 Å². The van der Waals surface area contributed by atoms with E-state index in [9.17, 15) is 13.2 Å². The van der Waals surface area contributed by atoms with Crippen molar-refractivity contribution in [2.24, 2.45) is 5.14 Å². The van der Waals surface area contributed by atoms with Crippen LogP contribution in [0.3, 0.4) is 0 Å². The lowest BCUT2D eigenvalue weighted by Gasteiger charge is -2.11. The van der Waals surface area contributed by atoms with Crippen LogP contribution in [0, 0.1) is 0 Å². The molecule has 0 fully saturated rings. The van der Waals surface area contributed by atoms with E-state index in [1.165, 1.54) is 0 Å². The molecule has 104 valence electrons. The van der Waals surface area contributed by atoms with Gasteiger partial charge in [-0.2, -0.15) is 0 Å². The fraction of sp³-hybridized carbons (Fsp3) is 0.417. The number of amides is 1. The molecule has 1 aromatic rings. The third-order valence-electron chi connectivity index (χ3n) is 2.99. The van der Waals surface area contributed by atoms with Gasteiger partial charge in [0.1, 0.15) is 6.04 Å². The molecule has 1 aliphatic heterocycles. The largest absolute Gasteiger partial charge is 0.373 e. The summed E-state index contributed by atoms with van der Waals surface area (Å²) in [6.07, 6.45) is 0.974. The molecule has 6 nitrogen and oxygen atoms in total. The Kier molecular flexibility index (Phi) is 4.06. The average Bonchev–Trinajstić information content (AvgIpc) is 2.77. The molecular weight excluding hydrogens is 266 g/mol. The maximum Gasteiger partial charge on any atom is 0.242 e. The number of para-hydroxylation sites is 1. The highest BCUT2D eigenvalue weighted by Crippen LogP contribution is 2.24. The highest BCUT2D eigenvalue weighted by Gasteiger charge is 2.25. The van der Waals surface area contributed by atoms with Crippen LogP contribution in [0.2, 0.25) is 0 Å². The zero-order chi connectivity index (χ0) is 13.9. The Morgan fingerprint density at radius 1 is 1.42 bits per heavy atom. The van der Waals surface area contributed by atoms with Crippen LogP contribution in [-0.2, 0) is 21.2 Å². The molecule has 0 aliphatic carbocycles. The molecule has 1 amide bonds. The van der Waals surface area contributed by atoms with E-state index < -0.39 is 10.0 Å². The van der Waals surface area contributed by atoms with Crippen molar-refractivity contribution < 1.29 is 13.2 Å². The van der Waals surface area contributed by atoms with E-state index in [1.807, 2.05) is 24.3 Å². The Hall–Kier alpha value is -1.60. The number of sulfonamides is 1. The highest BCUT2D eigenvalue weighted by molar-refractivity contribution is 7.89. The summed E-state index contributed by atoms with van der Waals surface area (Å²) >= 11 is 0. The summed E-state index contributed by atoms with van der Waals surface area (Å²) < 4.78 is 21.5. The predicted molar refractivity (Wildman–Crippen MR) is 73.2 cm³/mol. The number of primary sulfonamides is 1. The first-order chi connectivity index (χ1) is 8.96. The number of nitrogens with two attached hydrogens (primary N) is 1. The molecule has 0 bridgehead atoms. The van der Waals surface area contributed by atoms with E-state index in [4.69, 9.17) is 5.14 Å². The summed E-state index contributed by atoms with van der Waals surface area (Å²) in [5.41, 5.74) is 2.10. The third kappa shape index (κ3) is 3.93. The number of rotatable bonds is 5. The maximum atomic E-state index is 11.9. The van der Waals surface area contributed by atoms with Gasteiger partial charge in [0.15, 0.2) is 0 Å². The van der Waals surface area contributed by atoms with E-state index in [-0.39, 0.29) is 17.7 Å². The fourth-order valence-corrected chi connectivity index (χ4v) is 2.61. The van der Waals surface area contributed by atoms with Crippen molar-refractivity contribution in [1.82, 2.24) is 5.32 Å². The van der Waals surface area contributed by atoms with Gasteiger partial charge in [0.25, 0.3) is 0 Å². The smallest absolute Gasteiger partial charge is 0.242 e. The summed E-state index contributed by atoms with van der Waals surface area (Å²) in [7, 11) is -3.45. The van der Waals surface area contributed by atoms with E-state index in [2.05, 4.69) is 10.6 Å². The molecule has 7 heteroatoms. The molecule has 1 aliphatic rings. The van der Waals surface area contributed by atoms with Crippen LogP contribution in [0.15, 0.2) is 24.3 Å². The van der Waals surface area contributed by atoms with E-state index in [0.29, 0.717) is 19.4 Å². The molecule has 1 atom stereocenters. The van der Waals surface area contributed by atoms with Crippen LogP contribution >= 0.6 is 0 Å². The van der Waals surface area contributed by atoms with Crippen molar-refractivity contribution in [3.8, 4) is 0 Å². The van der Waals surface area contributed by atoms with Crippen molar-refractivity contribution in [2.75, 3.05) is 17.6 Å². The van der Waals surface area contributed by atoms with Gasteiger partial charge < -0.3 is 10.6 Å². The van der Waals surface area contributed by atoms with Gasteiger partial charge in [-0.05, 0) is 18.1 Å². The molecule has 2 rings (SSSR count). The first-order valence-corrected chi connectivity index (χ1v) is 7.80. The van der Waals surface area contributed by atoms with Crippen LogP contribution in [0.1, 0.15) is 12.0 Å². The van der Waals surface area contributed by atoms with Crippen molar-refractivity contribution in [1.29, 1.82) is 0 Å². The van der Waals surface area contributed by atoms with Crippen molar-refractivity contribution in [3.05, 3.63) is 29.8 Å². The molecule has 1 aromatic carbocycles. The van der Waals surface area contributed by atoms with Crippen LogP contribution in [0.4, 0.5) is 5.69 Å². The molecule has 0 radical (unpaired) electrons. The second-order valence-electron chi connectivity index (χ2n) is 4.57. The zero-order valence-electron chi connectivity index (χ0n) is 10.4. The lowest BCUT2D eigenvalue weighted by Crippen LogP contribution is -2.39. The Morgan fingerprint density at radius 2 is 2.16 bits per heavy atom. The first-order valence-electron chi connectivity index (χ1n) is 6.08. The van der Waals surface area contributed by atoms with Crippen molar-refractivity contribution >= 4 is 21.6 Å². The van der Waals surface area contributed by atoms with Crippen molar-refractivity contribution in [3.63, 3.8) is 0 Å². The maximum absolute atomic E-state index is 11.9. The van der Waals surface area contributed by atoms with Gasteiger partial charge >= 0.3 is 0 Å². The van der Waals surface area contributed by atoms with Gasteiger partial charge in [-0.1, -0.05) is 18.2 Å². The number of anilines is 1. The van der Waals surface area contributed by atoms with Gasteiger partial charge in [0.2, 0.25) is 15.9 Å². The summed E-state index contributed by atoms with van der Waals surface area (Å²) in [4.78, 5) is 11.9. The second kappa shape index (κ2) is 5.58. The first kappa shape index (κ1) is 13.8. The van der Waals surface area contributed by atoms with E-state index in [0.717, 1.165) is 11.3 Å². The third-order valence-corrected chi connectivity index (χ3v) is 3.85. The molecular formula is C12H17N3O3S. The van der Waals surface area contributed by atoms with Gasteiger partial charge in [-0.15, -0.1) is 0 Å². The highest BCUT2D eigenvalue weighted by atomic mass is 32.2. The molecule has 19 heavy (non-hydrogen) atoms. The lowest BCUT2D eigenvalue weighted by atomic mass is 10.1. The molecule has 0 saturated heterocycles. The predicted octanol–water partition coefficient (Wildman–Crippen LogP) is -0.182. The topological polar surface area (TPSA) is 101 Å². The standard InChI is InChI=1S/C12H17N3O3S/c13-19(17,18)7-3-6-14-12(16)11-8-9-4-1-2-5-10(9)15-11/h1-2,4-5,11,15H,3,6-8H2,(H,14,16)(H2,13,17,18)/t11-/m0/s1. The molecule has 4 N–H and O–H groups in total. The Bertz CT molecular complexity index is 546. The number of nitrogens with one attached hydrogen (secondary N) is 2. The average molecular weight is 283 g/mol. The van der Waals surface area contributed by atoms with E-state index >= 15 is 0 Å². The van der Waals surface area contributed by atoms with Crippen molar-refractivity contribution in [2.45, 2.75) is 18.9 Å². The Labute approximate surface area is 112 Å². The van der Waals surface area contributed by atoms with Crippen LogP contribution in [0.5, 0.6) is 0 Å². The van der Waals surface area contributed by atoms with Crippen LogP contribution in [0.25, 0.3) is 0 Å². The van der Waals surface area contributed by atoms with Crippen LogP contribution < -0.4 is 15.8 Å². The number of fused-ring (bicyclic) bond motifs is 1. The molecule has 1 heterocycles. The number of hydrogen-bond acceptors (Lipinski definition) is 4. The molecule has 0 aromatic heterocycles. The zero-order valence-corrected chi connectivity index (χ0v) is 11.2. The summed E-state index contributed by atoms with van der Waals surface area (Å²) in [6.45, 7) is 0.309. The SMILES string of the molecule is NS(=O)(=O)CCCNC(=O)[C@@H]1Cc2ccccc2N1. The molecule has 0 unspecified atom stereocenters. The number of benzene rings is 1. The van der Waals surface area contributed by atoms with E-state index in [1.54, 1.807) is 0 Å². The normalized spacial score (nSPS) is 17.6. The molecule has 0 spiro atoms. The van der Waals surface area contributed by atoms with Gasteiger partial charge in [0, 0.05) is 18.7 Å². The Balaban J connectivity index is 1.77. The van der Waals surface area contributed by atoms with Crippen LogP contribution in [-0.4, -0.2) is 32.7 Å². The second-order valence-corrected chi connectivity index (χ2v) is 6.30. The summed E-state index contributed by atoms with van der Waals surface area (Å²) in [5, 5.41) is 10.7. The molecule has 0 saturated carbocycles. The van der Waals surface area contributed by atoms with Gasteiger partial charge in [-0.3, -0.25) is 4.79 Å².